The summed E-state index contributed by atoms with van der Waals surface area (Å²) in [6.07, 6.45) is 2.36. The Morgan fingerprint density at radius 2 is 2.09 bits per heavy atom. The van der Waals surface area contributed by atoms with E-state index in [-0.39, 0.29) is 5.91 Å². The van der Waals surface area contributed by atoms with E-state index in [1.165, 1.54) is 12.8 Å². The summed E-state index contributed by atoms with van der Waals surface area (Å²) in [4.78, 5) is 16.7. The molecular weight excluding hydrogens is 308 g/mol. The van der Waals surface area contributed by atoms with Crippen molar-refractivity contribution in [3.8, 4) is 11.3 Å². The van der Waals surface area contributed by atoms with E-state index in [9.17, 15) is 4.79 Å². The second kappa shape index (κ2) is 5.62. The maximum absolute atomic E-state index is 12.2. The van der Waals surface area contributed by atoms with Crippen LogP contribution in [0.15, 0.2) is 35.7 Å². The Balaban J connectivity index is 1.46. The maximum atomic E-state index is 12.2. The van der Waals surface area contributed by atoms with Crippen LogP contribution < -0.4 is 5.32 Å². The number of aromatic nitrogens is 3. The highest BCUT2D eigenvalue weighted by Gasteiger charge is 2.26. The van der Waals surface area contributed by atoms with Crippen LogP contribution >= 0.6 is 11.3 Å². The van der Waals surface area contributed by atoms with Crippen molar-refractivity contribution >= 4 is 22.9 Å². The minimum absolute atomic E-state index is 0.189. The van der Waals surface area contributed by atoms with E-state index in [1.807, 2.05) is 42.6 Å². The first-order valence-electron chi connectivity index (χ1n) is 7.58. The number of rotatable bonds is 4. The van der Waals surface area contributed by atoms with Gasteiger partial charge in [-0.1, -0.05) is 12.1 Å². The standard InChI is InChI=1S/C17H16N4OS/c1-10-18-16(9-23-10)12-4-6-13(7-5-12)19-17(22)15-8-14(20-21-15)11-2-3-11/h4-9,11H,2-3H2,1H3,(H,19,22)(H,20,21). The van der Waals surface area contributed by atoms with Crippen LogP contribution in [0, 0.1) is 6.92 Å². The lowest BCUT2D eigenvalue weighted by Crippen LogP contribution is -2.12. The third-order valence-corrected chi connectivity index (χ3v) is 4.68. The van der Waals surface area contributed by atoms with Crippen LogP contribution in [0.25, 0.3) is 11.3 Å². The molecule has 2 aromatic heterocycles. The van der Waals surface area contributed by atoms with Gasteiger partial charge in [-0.15, -0.1) is 11.3 Å². The van der Waals surface area contributed by atoms with Crippen molar-refractivity contribution in [3.05, 3.63) is 52.1 Å². The number of anilines is 1. The largest absolute Gasteiger partial charge is 0.321 e. The van der Waals surface area contributed by atoms with Gasteiger partial charge in [0.15, 0.2) is 5.69 Å². The third kappa shape index (κ3) is 3.03. The van der Waals surface area contributed by atoms with Gasteiger partial charge in [0.1, 0.15) is 0 Å². The van der Waals surface area contributed by atoms with Gasteiger partial charge in [0.05, 0.1) is 10.7 Å². The second-order valence-corrected chi connectivity index (χ2v) is 6.83. The van der Waals surface area contributed by atoms with Crippen molar-refractivity contribution < 1.29 is 4.79 Å². The fourth-order valence-corrected chi connectivity index (χ4v) is 3.09. The second-order valence-electron chi connectivity index (χ2n) is 5.77. The summed E-state index contributed by atoms with van der Waals surface area (Å²) in [5.74, 6) is 0.371. The molecule has 0 atom stereocenters. The van der Waals surface area contributed by atoms with Crippen molar-refractivity contribution in [3.63, 3.8) is 0 Å². The Bertz CT molecular complexity index is 846. The zero-order valence-electron chi connectivity index (χ0n) is 12.7. The highest BCUT2D eigenvalue weighted by Crippen LogP contribution is 2.39. The molecule has 1 fully saturated rings. The first-order chi connectivity index (χ1) is 11.2. The molecule has 0 bridgehead atoms. The van der Waals surface area contributed by atoms with Gasteiger partial charge in [-0.25, -0.2) is 4.98 Å². The fraction of sp³-hybridized carbons (Fsp3) is 0.235. The molecule has 1 amide bonds. The lowest BCUT2D eigenvalue weighted by molar-refractivity contribution is 0.102. The van der Waals surface area contributed by atoms with Gasteiger partial charge in [-0.05, 0) is 38.0 Å². The maximum Gasteiger partial charge on any atom is 0.276 e. The monoisotopic (exact) mass is 324 g/mol. The van der Waals surface area contributed by atoms with Crippen molar-refractivity contribution in [1.29, 1.82) is 0 Å². The van der Waals surface area contributed by atoms with Crippen LogP contribution in [0.2, 0.25) is 0 Å². The number of thiazole rings is 1. The zero-order chi connectivity index (χ0) is 15.8. The zero-order valence-corrected chi connectivity index (χ0v) is 13.5. The molecule has 0 radical (unpaired) electrons. The van der Waals surface area contributed by atoms with Crippen molar-refractivity contribution in [2.75, 3.05) is 5.32 Å². The van der Waals surface area contributed by atoms with Gasteiger partial charge in [-0.3, -0.25) is 9.89 Å². The van der Waals surface area contributed by atoms with Crippen LogP contribution in [-0.2, 0) is 0 Å². The predicted octanol–water partition coefficient (Wildman–Crippen LogP) is 3.97. The minimum atomic E-state index is -0.189. The van der Waals surface area contributed by atoms with Gasteiger partial charge in [0.2, 0.25) is 0 Å². The number of aromatic amines is 1. The van der Waals surface area contributed by atoms with E-state index < -0.39 is 0 Å². The van der Waals surface area contributed by atoms with Crippen LogP contribution in [-0.4, -0.2) is 21.1 Å². The molecular formula is C17H16N4OS. The van der Waals surface area contributed by atoms with Crippen LogP contribution in [0.1, 0.15) is 39.9 Å². The molecule has 0 unspecified atom stereocenters. The quantitative estimate of drug-likeness (QED) is 0.763. The van der Waals surface area contributed by atoms with E-state index in [0.717, 1.165) is 27.6 Å². The Labute approximate surface area is 137 Å². The van der Waals surface area contributed by atoms with Gasteiger partial charge >= 0.3 is 0 Å². The molecule has 2 heterocycles. The summed E-state index contributed by atoms with van der Waals surface area (Å²) in [7, 11) is 0. The van der Waals surface area contributed by atoms with Crippen LogP contribution in [0.5, 0.6) is 0 Å². The molecule has 3 aromatic rings. The molecule has 2 N–H and O–H groups in total. The van der Waals surface area contributed by atoms with Crippen molar-refractivity contribution in [2.24, 2.45) is 0 Å². The van der Waals surface area contributed by atoms with Gasteiger partial charge in [0, 0.05) is 28.2 Å². The van der Waals surface area contributed by atoms with Crippen LogP contribution in [0.3, 0.4) is 0 Å². The lowest BCUT2D eigenvalue weighted by atomic mass is 10.1. The van der Waals surface area contributed by atoms with Gasteiger partial charge in [-0.2, -0.15) is 5.10 Å². The molecule has 1 aromatic carbocycles. The predicted molar refractivity (Wildman–Crippen MR) is 90.8 cm³/mol. The smallest absolute Gasteiger partial charge is 0.276 e. The number of carbonyl (C=O) groups excluding carboxylic acids is 1. The average molecular weight is 324 g/mol. The molecule has 0 saturated heterocycles. The number of nitrogens with zero attached hydrogens (tertiary/aromatic N) is 2. The summed E-state index contributed by atoms with van der Waals surface area (Å²) >= 11 is 1.63. The van der Waals surface area contributed by atoms with E-state index >= 15 is 0 Å². The molecule has 4 rings (SSSR count). The number of carbonyl (C=O) groups is 1. The first kappa shape index (κ1) is 14.1. The van der Waals surface area contributed by atoms with Gasteiger partial charge < -0.3 is 5.32 Å². The Hall–Kier alpha value is -2.47. The molecule has 5 nitrogen and oxygen atoms in total. The van der Waals surface area contributed by atoms with E-state index in [2.05, 4.69) is 20.5 Å². The topological polar surface area (TPSA) is 70.7 Å². The molecule has 23 heavy (non-hydrogen) atoms. The molecule has 0 spiro atoms. The number of hydrogen-bond acceptors (Lipinski definition) is 4. The number of aryl methyl sites for hydroxylation is 1. The minimum Gasteiger partial charge on any atom is -0.321 e. The molecule has 0 aliphatic heterocycles. The molecule has 1 aliphatic carbocycles. The first-order valence-corrected chi connectivity index (χ1v) is 8.46. The average Bonchev–Trinajstić information content (AvgIpc) is 3.12. The Morgan fingerprint density at radius 1 is 1.30 bits per heavy atom. The summed E-state index contributed by atoms with van der Waals surface area (Å²) in [5.41, 5.74) is 4.26. The Kier molecular flexibility index (Phi) is 3.46. The summed E-state index contributed by atoms with van der Waals surface area (Å²) in [5, 5.41) is 13.0. The molecule has 1 saturated carbocycles. The van der Waals surface area contributed by atoms with Crippen molar-refractivity contribution in [1.82, 2.24) is 15.2 Å². The summed E-state index contributed by atoms with van der Waals surface area (Å²) in [6, 6.07) is 9.54. The number of amides is 1. The van der Waals surface area contributed by atoms with Gasteiger partial charge in [0.25, 0.3) is 5.91 Å². The molecule has 1 aliphatic rings. The molecule has 116 valence electrons. The normalized spacial score (nSPS) is 14.0. The van der Waals surface area contributed by atoms with E-state index in [1.54, 1.807) is 11.3 Å². The van der Waals surface area contributed by atoms with Crippen molar-refractivity contribution in [2.45, 2.75) is 25.7 Å². The Morgan fingerprint density at radius 3 is 2.74 bits per heavy atom. The number of H-pyrrole nitrogens is 1. The number of hydrogen-bond donors (Lipinski definition) is 2. The third-order valence-electron chi connectivity index (χ3n) is 3.91. The highest BCUT2D eigenvalue weighted by molar-refractivity contribution is 7.09. The number of nitrogens with one attached hydrogen (secondary N) is 2. The molecule has 6 heteroatoms. The fourth-order valence-electron chi connectivity index (χ4n) is 2.47. The summed E-state index contributed by atoms with van der Waals surface area (Å²) < 4.78 is 0. The summed E-state index contributed by atoms with van der Waals surface area (Å²) in [6.45, 7) is 1.99. The lowest BCUT2D eigenvalue weighted by Gasteiger charge is -2.04. The van der Waals surface area contributed by atoms with Crippen LogP contribution in [0.4, 0.5) is 5.69 Å². The SMILES string of the molecule is Cc1nc(-c2ccc(NC(=O)c3cc(C4CC4)[nH]n3)cc2)cs1. The van der Waals surface area contributed by atoms with E-state index in [0.29, 0.717) is 11.6 Å². The number of benzene rings is 1. The van der Waals surface area contributed by atoms with E-state index in [4.69, 9.17) is 0 Å². The highest BCUT2D eigenvalue weighted by atomic mass is 32.1.